The average Bonchev–Trinajstić information content (AvgIpc) is 3.34. The predicted octanol–water partition coefficient (Wildman–Crippen LogP) is 5.35. The van der Waals surface area contributed by atoms with Crippen LogP contribution in [0.15, 0.2) is 28.7 Å². The summed E-state index contributed by atoms with van der Waals surface area (Å²) in [4.78, 5) is 14.1. The lowest BCUT2D eigenvalue weighted by Gasteiger charge is -2.30. The van der Waals surface area contributed by atoms with E-state index in [-0.39, 0.29) is 23.1 Å². The lowest BCUT2D eigenvalue weighted by molar-refractivity contribution is 0.0823. The van der Waals surface area contributed by atoms with E-state index in [0.29, 0.717) is 29.3 Å². The Balaban J connectivity index is 1.94. The molecular formula is C23H31N5O3S. The van der Waals surface area contributed by atoms with Gasteiger partial charge in [-0.1, -0.05) is 33.8 Å². The standard InChI is InChI=1S/C23H31N5O3S/c1-8-14-10-11-15(18(29)17(14)22(30)28(6)7)24-20-21(27-32-26-20)25-19(23(3,4)5)16-12-9-13(2)31-16/h9-12,19,29H,8H2,1-7H3,(H,24,26)(H,25,27)/t19-/m0/s1. The highest BCUT2D eigenvalue weighted by Crippen LogP contribution is 2.39. The van der Waals surface area contributed by atoms with Crippen molar-refractivity contribution in [1.82, 2.24) is 13.6 Å². The molecule has 32 heavy (non-hydrogen) atoms. The number of hydrogen-bond acceptors (Lipinski definition) is 8. The maximum atomic E-state index is 12.7. The second-order valence-corrected chi connectivity index (χ2v) is 9.56. The normalized spacial score (nSPS) is 12.5. The minimum absolute atomic E-state index is 0.101. The molecule has 1 aromatic carbocycles. The van der Waals surface area contributed by atoms with Gasteiger partial charge >= 0.3 is 0 Å². The molecule has 0 saturated heterocycles. The van der Waals surface area contributed by atoms with Gasteiger partial charge < -0.3 is 25.1 Å². The van der Waals surface area contributed by atoms with Crippen LogP contribution in [0.25, 0.3) is 0 Å². The van der Waals surface area contributed by atoms with E-state index >= 15 is 0 Å². The van der Waals surface area contributed by atoms with Crippen molar-refractivity contribution in [1.29, 1.82) is 0 Å². The summed E-state index contributed by atoms with van der Waals surface area (Å²) in [6.07, 6.45) is 0.629. The van der Waals surface area contributed by atoms with E-state index in [2.05, 4.69) is 40.2 Å². The number of furan rings is 1. The van der Waals surface area contributed by atoms with Crippen LogP contribution in [-0.4, -0.2) is 38.8 Å². The highest BCUT2D eigenvalue weighted by Gasteiger charge is 2.31. The molecule has 9 heteroatoms. The largest absolute Gasteiger partial charge is 0.505 e. The van der Waals surface area contributed by atoms with Crippen molar-refractivity contribution >= 4 is 35.0 Å². The SMILES string of the molecule is CCc1ccc(Nc2nsnc2N[C@@H](c2ccc(C)o2)C(C)(C)C)c(O)c1C(=O)N(C)C. The molecule has 1 amide bonds. The Morgan fingerprint density at radius 3 is 2.44 bits per heavy atom. The van der Waals surface area contributed by atoms with Gasteiger partial charge in [-0.05, 0) is 42.5 Å². The number of aromatic hydroxyl groups is 1. The van der Waals surface area contributed by atoms with Crippen molar-refractivity contribution in [2.24, 2.45) is 5.41 Å². The van der Waals surface area contributed by atoms with E-state index in [4.69, 9.17) is 4.42 Å². The number of anilines is 3. The molecule has 0 aliphatic rings. The van der Waals surface area contributed by atoms with Gasteiger partial charge in [-0.3, -0.25) is 4.79 Å². The van der Waals surface area contributed by atoms with Crippen molar-refractivity contribution in [2.45, 2.75) is 47.1 Å². The quantitative estimate of drug-likeness (QED) is 0.411. The number of phenolic OH excluding ortho intramolecular Hbond substituents is 1. The molecule has 172 valence electrons. The van der Waals surface area contributed by atoms with Gasteiger partial charge in [-0.25, -0.2) is 0 Å². The average molecular weight is 458 g/mol. The first-order valence-corrected chi connectivity index (χ1v) is 11.2. The third-order valence-corrected chi connectivity index (χ3v) is 5.73. The van der Waals surface area contributed by atoms with Gasteiger partial charge in [-0.2, -0.15) is 8.75 Å². The van der Waals surface area contributed by atoms with Gasteiger partial charge in [0.1, 0.15) is 11.5 Å². The Morgan fingerprint density at radius 2 is 1.88 bits per heavy atom. The van der Waals surface area contributed by atoms with E-state index in [0.717, 1.165) is 28.8 Å². The fourth-order valence-electron chi connectivity index (χ4n) is 3.44. The van der Waals surface area contributed by atoms with Crippen LogP contribution >= 0.6 is 11.7 Å². The van der Waals surface area contributed by atoms with Gasteiger partial charge in [-0.15, -0.1) is 0 Å². The fourth-order valence-corrected chi connectivity index (χ4v) is 3.92. The Hall–Kier alpha value is -3.07. The molecule has 0 saturated carbocycles. The smallest absolute Gasteiger partial charge is 0.257 e. The first-order chi connectivity index (χ1) is 15.0. The zero-order valence-corrected chi connectivity index (χ0v) is 20.4. The Bertz CT molecular complexity index is 1100. The predicted molar refractivity (Wildman–Crippen MR) is 128 cm³/mol. The van der Waals surface area contributed by atoms with Crippen LogP contribution in [0.1, 0.15) is 61.2 Å². The molecule has 3 aromatic rings. The number of aryl methyl sites for hydroxylation is 2. The second kappa shape index (κ2) is 9.20. The molecule has 0 aliphatic carbocycles. The molecule has 2 heterocycles. The van der Waals surface area contributed by atoms with Gasteiger partial charge in [0.2, 0.25) is 0 Å². The van der Waals surface area contributed by atoms with E-state index in [1.54, 1.807) is 20.2 Å². The lowest BCUT2D eigenvalue weighted by atomic mass is 9.85. The minimum atomic E-state index is -0.251. The van der Waals surface area contributed by atoms with Crippen molar-refractivity contribution in [3.8, 4) is 5.75 Å². The highest BCUT2D eigenvalue weighted by atomic mass is 32.1. The number of benzene rings is 1. The molecule has 0 unspecified atom stereocenters. The summed E-state index contributed by atoms with van der Waals surface area (Å²) in [5, 5.41) is 17.5. The highest BCUT2D eigenvalue weighted by molar-refractivity contribution is 6.99. The van der Waals surface area contributed by atoms with Crippen LogP contribution in [0.4, 0.5) is 17.3 Å². The topological polar surface area (TPSA) is 104 Å². The zero-order chi connectivity index (χ0) is 23.6. The molecule has 2 aromatic heterocycles. The molecule has 0 radical (unpaired) electrons. The van der Waals surface area contributed by atoms with Crippen molar-refractivity contribution in [3.05, 3.63) is 46.9 Å². The molecule has 0 spiro atoms. The molecule has 3 rings (SSSR count). The monoisotopic (exact) mass is 457 g/mol. The third kappa shape index (κ3) is 4.88. The number of nitrogens with one attached hydrogen (secondary N) is 2. The summed E-state index contributed by atoms with van der Waals surface area (Å²) in [5.74, 6) is 2.31. The number of hydrogen-bond donors (Lipinski definition) is 3. The molecule has 0 bridgehead atoms. The Labute approximate surface area is 193 Å². The molecule has 0 aliphatic heterocycles. The summed E-state index contributed by atoms with van der Waals surface area (Å²) in [7, 11) is 3.33. The van der Waals surface area contributed by atoms with Crippen LogP contribution in [0.5, 0.6) is 5.75 Å². The number of nitrogens with zero attached hydrogens (tertiary/aromatic N) is 3. The number of rotatable bonds is 7. The second-order valence-electron chi connectivity index (χ2n) is 9.03. The first kappa shape index (κ1) is 23.6. The number of carbonyl (C=O) groups is 1. The van der Waals surface area contributed by atoms with Crippen LogP contribution < -0.4 is 10.6 Å². The summed E-state index contributed by atoms with van der Waals surface area (Å²) < 4.78 is 14.6. The molecule has 3 N–H and O–H groups in total. The van der Waals surface area contributed by atoms with Crippen molar-refractivity contribution in [2.75, 3.05) is 24.7 Å². The molecule has 0 fully saturated rings. The minimum Gasteiger partial charge on any atom is -0.505 e. The summed E-state index contributed by atoms with van der Waals surface area (Å²) in [6, 6.07) is 7.34. The van der Waals surface area contributed by atoms with Gasteiger partial charge in [0.15, 0.2) is 17.4 Å². The van der Waals surface area contributed by atoms with Crippen molar-refractivity contribution < 1.29 is 14.3 Å². The van der Waals surface area contributed by atoms with Gasteiger partial charge in [0.05, 0.1) is 29.0 Å². The summed E-state index contributed by atoms with van der Waals surface area (Å²) in [6.45, 7) is 10.2. The van der Waals surface area contributed by atoms with Gasteiger partial charge in [0, 0.05) is 14.1 Å². The number of carbonyl (C=O) groups excluding carboxylic acids is 1. The number of aromatic nitrogens is 2. The molecule has 8 nitrogen and oxygen atoms in total. The summed E-state index contributed by atoms with van der Waals surface area (Å²) in [5.41, 5.74) is 1.30. The summed E-state index contributed by atoms with van der Waals surface area (Å²) >= 11 is 1.05. The third-order valence-electron chi connectivity index (χ3n) is 5.20. The Morgan fingerprint density at radius 1 is 1.19 bits per heavy atom. The van der Waals surface area contributed by atoms with Gasteiger partial charge in [0.25, 0.3) is 5.91 Å². The van der Waals surface area contributed by atoms with E-state index < -0.39 is 0 Å². The van der Waals surface area contributed by atoms with E-state index in [9.17, 15) is 9.90 Å². The zero-order valence-electron chi connectivity index (χ0n) is 19.6. The molecule has 1 atom stereocenters. The van der Waals surface area contributed by atoms with Crippen LogP contribution in [-0.2, 0) is 6.42 Å². The number of phenols is 1. The van der Waals surface area contributed by atoms with Crippen molar-refractivity contribution in [3.63, 3.8) is 0 Å². The maximum Gasteiger partial charge on any atom is 0.257 e. The van der Waals surface area contributed by atoms with E-state index in [1.807, 2.05) is 32.0 Å². The first-order valence-electron chi connectivity index (χ1n) is 10.5. The van der Waals surface area contributed by atoms with E-state index in [1.165, 1.54) is 4.90 Å². The van der Waals surface area contributed by atoms with Crippen LogP contribution in [0, 0.1) is 12.3 Å². The lowest BCUT2D eigenvalue weighted by Crippen LogP contribution is -2.26. The fraction of sp³-hybridized carbons (Fsp3) is 0.435. The number of amides is 1. The van der Waals surface area contributed by atoms with Crippen LogP contribution in [0.3, 0.4) is 0 Å². The Kier molecular flexibility index (Phi) is 6.78. The van der Waals surface area contributed by atoms with Crippen LogP contribution in [0.2, 0.25) is 0 Å². The maximum absolute atomic E-state index is 12.7. The molecular weight excluding hydrogens is 426 g/mol.